The number of hydrogen-bond donors (Lipinski definition) is 0. The Morgan fingerprint density at radius 3 is 2.67 bits per heavy atom. The summed E-state index contributed by atoms with van der Waals surface area (Å²) in [4.78, 5) is 5.15. The molecule has 0 fully saturated rings. The van der Waals surface area contributed by atoms with E-state index < -0.39 is 12.7 Å². The zero-order chi connectivity index (χ0) is 11.3. The number of hydrogen-bond acceptors (Lipinski definition) is 2. The molecule has 84 valence electrons. The highest BCUT2D eigenvalue weighted by Crippen LogP contribution is 2.15. The topological polar surface area (TPSA) is 16.1 Å². The van der Waals surface area contributed by atoms with Crippen molar-refractivity contribution in [3.63, 3.8) is 0 Å². The lowest BCUT2D eigenvalue weighted by molar-refractivity contribution is -0.142. The SMILES string of the molecule is CN(CCc1cccnc1)CC(F)(F)F. The molecule has 15 heavy (non-hydrogen) atoms. The Hall–Kier alpha value is -1.10. The molecule has 0 saturated heterocycles. The van der Waals surface area contributed by atoms with Crippen molar-refractivity contribution in [2.75, 3.05) is 20.1 Å². The van der Waals surface area contributed by atoms with Gasteiger partial charge in [-0.25, -0.2) is 0 Å². The summed E-state index contributed by atoms with van der Waals surface area (Å²) in [6.45, 7) is -0.488. The Morgan fingerprint density at radius 1 is 1.40 bits per heavy atom. The normalized spacial score (nSPS) is 12.1. The fourth-order valence-electron chi connectivity index (χ4n) is 1.25. The first kappa shape index (κ1) is 12.0. The van der Waals surface area contributed by atoms with Crippen molar-refractivity contribution in [3.8, 4) is 0 Å². The van der Waals surface area contributed by atoms with Gasteiger partial charge in [-0.15, -0.1) is 0 Å². The van der Waals surface area contributed by atoms with E-state index in [9.17, 15) is 13.2 Å². The average molecular weight is 218 g/mol. The van der Waals surface area contributed by atoms with Gasteiger partial charge in [-0.3, -0.25) is 9.88 Å². The maximum absolute atomic E-state index is 12.0. The number of pyridine rings is 1. The monoisotopic (exact) mass is 218 g/mol. The molecule has 0 bridgehead atoms. The summed E-state index contributed by atoms with van der Waals surface area (Å²) in [5, 5.41) is 0. The highest BCUT2D eigenvalue weighted by Gasteiger charge is 2.28. The molecule has 0 aromatic carbocycles. The molecule has 0 radical (unpaired) electrons. The lowest BCUT2D eigenvalue weighted by Crippen LogP contribution is -2.32. The fraction of sp³-hybridized carbons (Fsp3) is 0.500. The van der Waals surface area contributed by atoms with Crippen LogP contribution < -0.4 is 0 Å². The van der Waals surface area contributed by atoms with Crippen LogP contribution >= 0.6 is 0 Å². The van der Waals surface area contributed by atoms with Gasteiger partial charge in [-0.05, 0) is 25.1 Å². The number of likely N-dealkylation sites (N-methyl/N-ethyl adjacent to an activating group) is 1. The van der Waals surface area contributed by atoms with Crippen molar-refractivity contribution in [2.45, 2.75) is 12.6 Å². The molecule has 1 rings (SSSR count). The van der Waals surface area contributed by atoms with Gasteiger partial charge >= 0.3 is 6.18 Å². The van der Waals surface area contributed by atoms with Gasteiger partial charge < -0.3 is 0 Å². The number of alkyl halides is 3. The third-order valence-corrected chi connectivity index (χ3v) is 1.95. The first-order valence-electron chi connectivity index (χ1n) is 4.61. The van der Waals surface area contributed by atoms with Crippen LogP contribution in [0.1, 0.15) is 5.56 Å². The molecule has 0 saturated carbocycles. The first-order valence-corrected chi connectivity index (χ1v) is 4.61. The van der Waals surface area contributed by atoms with Gasteiger partial charge in [0.1, 0.15) is 0 Å². The van der Waals surface area contributed by atoms with Crippen LogP contribution in [0.2, 0.25) is 0 Å². The highest BCUT2D eigenvalue weighted by molar-refractivity contribution is 5.08. The summed E-state index contributed by atoms with van der Waals surface area (Å²) < 4.78 is 35.9. The van der Waals surface area contributed by atoms with Crippen LogP contribution in [0.25, 0.3) is 0 Å². The Morgan fingerprint density at radius 2 is 2.13 bits per heavy atom. The van der Waals surface area contributed by atoms with E-state index in [0.29, 0.717) is 13.0 Å². The lowest BCUT2D eigenvalue weighted by Gasteiger charge is -2.18. The summed E-state index contributed by atoms with van der Waals surface area (Å²) in [5.41, 5.74) is 0.950. The smallest absolute Gasteiger partial charge is 0.298 e. The zero-order valence-electron chi connectivity index (χ0n) is 8.46. The largest absolute Gasteiger partial charge is 0.401 e. The molecule has 0 amide bonds. The fourth-order valence-corrected chi connectivity index (χ4v) is 1.25. The summed E-state index contributed by atoms with van der Waals surface area (Å²) in [6, 6.07) is 3.63. The van der Waals surface area contributed by atoms with Gasteiger partial charge in [0.15, 0.2) is 0 Å². The van der Waals surface area contributed by atoms with Gasteiger partial charge in [0.2, 0.25) is 0 Å². The second-order valence-electron chi connectivity index (χ2n) is 3.46. The number of nitrogens with zero attached hydrogens (tertiary/aromatic N) is 2. The minimum absolute atomic E-state index is 0.380. The standard InChI is InChI=1S/C10H13F3N2/c1-15(8-10(11,12)13)6-4-9-3-2-5-14-7-9/h2-3,5,7H,4,6,8H2,1H3. The number of rotatable bonds is 4. The van der Waals surface area contributed by atoms with E-state index in [-0.39, 0.29) is 0 Å². The molecular formula is C10H13F3N2. The van der Waals surface area contributed by atoms with Crippen LogP contribution in [0.3, 0.4) is 0 Å². The van der Waals surface area contributed by atoms with Crippen LogP contribution in [-0.4, -0.2) is 36.2 Å². The minimum atomic E-state index is -4.12. The van der Waals surface area contributed by atoms with Crippen LogP contribution in [0, 0.1) is 0 Å². The van der Waals surface area contributed by atoms with E-state index in [2.05, 4.69) is 4.98 Å². The van der Waals surface area contributed by atoms with E-state index in [1.54, 1.807) is 18.5 Å². The molecule has 0 spiro atoms. The average Bonchev–Trinajstić information content (AvgIpc) is 2.14. The molecule has 0 aliphatic carbocycles. The van der Waals surface area contributed by atoms with Crippen molar-refractivity contribution in [1.82, 2.24) is 9.88 Å². The minimum Gasteiger partial charge on any atom is -0.298 e. The number of aromatic nitrogens is 1. The van der Waals surface area contributed by atoms with Crippen molar-refractivity contribution in [3.05, 3.63) is 30.1 Å². The molecular weight excluding hydrogens is 205 g/mol. The molecule has 0 aliphatic heterocycles. The van der Waals surface area contributed by atoms with E-state index in [4.69, 9.17) is 0 Å². The summed E-state index contributed by atoms with van der Waals surface area (Å²) in [5.74, 6) is 0. The van der Waals surface area contributed by atoms with E-state index in [0.717, 1.165) is 5.56 Å². The molecule has 0 N–H and O–H groups in total. The van der Waals surface area contributed by atoms with Crippen LogP contribution in [0.15, 0.2) is 24.5 Å². The molecule has 1 aromatic heterocycles. The molecule has 0 unspecified atom stereocenters. The molecule has 0 aliphatic rings. The van der Waals surface area contributed by atoms with Gasteiger partial charge in [0, 0.05) is 18.9 Å². The predicted molar refractivity (Wildman–Crippen MR) is 51.5 cm³/mol. The maximum atomic E-state index is 12.0. The summed E-state index contributed by atoms with van der Waals surface area (Å²) in [6.07, 6.45) is -0.228. The van der Waals surface area contributed by atoms with Crippen molar-refractivity contribution in [1.29, 1.82) is 0 Å². The van der Waals surface area contributed by atoms with Gasteiger partial charge in [0.25, 0.3) is 0 Å². The first-order chi connectivity index (χ1) is 6.97. The Kier molecular flexibility index (Phi) is 4.08. The quantitative estimate of drug-likeness (QED) is 0.769. The zero-order valence-corrected chi connectivity index (χ0v) is 8.46. The van der Waals surface area contributed by atoms with E-state index in [1.165, 1.54) is 11.9 Å². The molecule has 1 heterocycles. The van der Waals surface area contributed by atoms with Gasteiger partial charge in [0.05, 0.1) is 6.54 Å². The Bertz CT molecular complexity index is 284. The van der Waals surface area contributed by atoms with Crippen molar-refractivity contribution >= 4 is 0 Å². The van der Waals surface area contributed by atoms with Crippen LogP contribution in [-0.2, 0) is 6.42 Å². The van der Waals surface area contributed by atoms with Crippen molar-refractivity contribution < 1.29 is 13.2 Å². The van der Waals surface area contributed by atoms with E-state index in [1.807, 2.05) is 6.07 Å². The van der Waals surface area contributed by atoms with Crippen LogP contribution in [0.5, 0.6) is 0 Å². The third kappa shape index (κ3) is 5.37. The van der Waals surface area contributed by atoms with E-state index >= 15 is 0 Å². The maximum Gasteiger partial charge on any atom is 0.401 e. The Labute approximate surface area is 86.7 Å². The molecule has 1 aromatic rings. The van der Waals surface area contributed by atoms with Gasteiger partial charge in [-0.1, -0.05) is 6.07 Å². The summed E-state index contributed by atoms with van der Waals surface area (Å²) in [7, 11) is 1.46. The number of halogens is 3. The van der Waals surface area contributed by atoms with Gasteiger partial charge in [-0.2, -0.15) is 13.2 Å². The summed E-state index contributed by atoms with van der Waals surface area (Å²) >= 11 is 0. The van der Waals surface area contributed by atoms with Crippen LogP contribution in [0.4, 0.5) is 13.2 Å². The molecule has 0 atom stereocenters. The predicted octanol–water partition coefficient (Wildman–Crippen LogP) is 2.12. The highest BCUT2D eigenvalue weighted by atomic mass is 19.4. The molecule has 5 heteroatoms. The second kappa shape index (κ2) is 5.11. The Balaban J connectivity index is 2.32. The molecule has 2 nitrogen and oxygen atoms in total. The van der Waals surface area contributed by atoms with Crippen molar-refractivity contribution in [2.24, 2.45) is 0 Å². The lowest BCUT2D eigenvalue weighted by atomic mass is 10.2. The third-order valence-electron chi connectivity index (χ3n) is 1.95. The second-order valence-corrected chi connectivity index (χ2v) is 3.46.